The van der Waals surface area contributed by atoms with Crippen LogP contribution in [-0.4, -0.2) is 31.6 Å². The van der Waals surface area contributed by atoms with Gasteiger partial charge in [-0.15, -0.1) is 0 Å². The van der Waals surface area contributed by atoms with Crippen LogP contribution < -0.4 is 15.5 Å². The summed E-state index contributed by atoms with van der Waals surface area (Å²) in [5, 5.41) is 15.1. The molecule has 1 aromatic carbocycles. The molecule has 2 aliphatic heterocycles. The van der Waals surface area contributed by atoms with Crippen molar-refractivity contribution in [2.24, 2.45) is 0 Å². The molecule has 0 aliphatic carbocycles. The zero-order valence-electron chi connectivity index (χ0n) is 9.23. The van der Waals surface area contributed by atoms with E-state index in [1.54, 1.807) is 6.07 Å². The number of carbonyl (C=O) groups excluding carboxylic acids is 1. The Morgan fingerprint density at radius 3 is 3.18 bits per heavy atom. The summed E-state index contributed by atoms with van der Waals surface area (Å²) < 4.78 is 0. The van der Waals surface area contributed by atoms with Gasteiger partial charge in [0.1, 0.15) is 12.1 Å². The van der Waals surface area contributed by atoms with Gasteiger partial charge in [0.2, 0.25) is 5.91 Å². The van der Waals surface area contributed by atoms with Crippen molar-refractivity contribution in [3.63, 3.8) is 0 Å². The largest absolute Gasteiger partial charge is 0.355 e. The van der Waals surface area contributed by atoms with Crippen molar-refractivity contribution in [1.29, 1.82) is 5.26 Å². The molecule has 2 heterocycles. The molecular formula is C12H12N4O. The summed E-state index contributed by atoms with van der Waals surface area (Å²) in [5.41, 5.74) is 2.13. The maximum absolute atomic E-state index is 12.0. The molecule has 1 aromatic rings. The van der Waals surface area contributed by atoms with E-state index in [1.165, 1.54) is 0 Å². The van der Waals surface area contributed by atoms with Crippen molar-refractivity contribution in [3.05, 3.63) is 23.8 Å². The van der Waals surface area contributed by atoms with Crippen LogP contribution in [0.15, 0.2) is 18.2 Å². The number of amides is 1. The van der Waals surface area contributed by atoms with Crippen molar-refractivity contribution in [2.45, 2.75) is 6.04 Å². The molecule has 3 rings (SSSR count). The Labute approximate surface area is 99.0 Å². The average molecular weight is 228 g/mol. The van der Waals surface area contributed by atoms with Gasteiger partial charge in [0.05, 0.1) is 16.9 Å². The summed E-state index contributed by atoms with van der Waals surface area (Å²) in [5.74, 6) is -0.0348. The van der Waals surface area contributed by atoms with Gasteiger partial charge in [-0.1, -0.05) is 6.07 Å². The molecule has 1 unspecified atom stereocenters. The highest BCUT2D eigenvalue weighted by atomic mass is 16.2. The fourth-order valence-electron chi connectivity index (χ4n) is 2.44. The first-order chi connectivity index (χ1) is 8.31. The molecular weight excluding hydrogens is 216 g/mol. The highest BCUT2D eigenvalue weighted by molar-refractivity contribution is 6.05. The van der Waals surface area contributed by atoms with Gasteiger partial charge in [-0.3, -0.25) is 4.79 Å². The fourth-order valence-corrected chi connectivity index (χ4v) is 2.44. The normalized spacial score (nSPS) is 22.2. The number of anilines is 2. The molecule has 5 heteroatoms. The first kappa shape index (κ1) is 10.1. The third-order valence-corrected chi connectivity index (χ3v) is 3.27. The third-order valence-electron chi connectivity index (χ3n) is 3.27. The Balaban J connectivity index is 2.12. The van der Waals surface area contributed by atoms with Crippen molar-refractivity contribution < 1.29 is 4.79 Å². The number of hydrogen-bond donors (Lipinski definition) is 2. The Hall–Kier alpha value is -2.06. The highest BCUT2D eigenvalue weighted by Gasteiger charge is 2.35. The van der Waals surface area contributed by atoms with Crippen LogP contribution in [0.5, 0.6) is 0 Å². The molecule has 1 amide bonds. The van der Waals surface area contributed by atoms with Crippen LogP contribution in [0.3, 0.4) is 0 Å². The quantitative estimate of drug-likeness (QED) is 0.669. The Morgan fingerprint density at radius 2 is 2.35 bits per heavy atom. The molecule has 2 N–H and O–H groups in total. The van der Waals surface area contributed by atoms with Crippen molar-refractivity contribution in [1.82, 2.24) is 5.32 Å². The minimum absolute atomic E-state index is 0.0348. The van der Waals surface area contributed by atoms with Crippen LogP contribution in [0.1, 0.15) is 5.56 Å². The summed E-state index contributed by atoms with van der Waals surface area (Å²) in [7, 11) is 0. The lowest BCUT2D eigenvalue weighted by atomic mass is 10.0. The lowest BCUT2D eigenvalue weighted by molar-refractivity contribution is -0.117. The maximum atomic E-state index is 12.0. The Morgan fingerprint density at radius 1 is 1.47 bits per heavy atom. The molecule has 0 aromatic heterocycles. The van der Waals surface area contributed by atoms with Crippen LogP contribution in [0, 0.1) is 11.3 Å². The van der Waals surface area contributed by atoms with Gasteiger partial charge < -0.3 is 15.5 Å². The second kappa shape index (κ2) is 3.75. The topological polar surface area (TPSA) is 68.2 Å². The molecule has 0 bridgehead atoms. The van der Waals surface area contributed by atoms with Gasteiger partial charge in [-0.25, -0.2) is 0 Å². The predicted molar refractivity (Wildman–Crippen MR) is 63.8 cm³/mol. The van der Waals surface area contributed by atoms with Crippen LogP contribution in [0.25, 0.3) is 0 Å². The average Bonchev–Trinajstić information content (AvgIpc) is 2.39. The SMILES string of the molecule is N#Cc1cccc2c1NC(=O)C1CNCCN21. The predicted octanol–water partition coefficient (Wildman–Crippen LogP) is 0.289. The number of nitriles is 1. The number of para-hydroxylation sites is 1. The summed E-state index contributed by atoms with van der Waals surface area (Å²) >= 11 is 0. The first-order valence-corrected chi connectivity index (χ1v) is 5.62. The lowest BCUT2D eigenvalue weighted by Crippen LogP contribution is -2.59. The van der Waals surface area contributed by atoms with Crippen molar-refractivity contribution in [3.8, 4) is 6.07 Å². The lowest BCUT2D eigenvalue weighted by Gasteiger charge is -2.41. The molecule has 0 spiro atoms. The summed E-state index contributed by atoms with van der Waals surface area (Å²) in [6.07, 6.45) is 0. The number of piperazine rings is 1. The van der Waals surface area contributed by atoms with E-state index in [0.717, 1.165) is 18.8 Å². The van der Waals surface area contributed by atoms with Gasteiger partial charge in [0.15, 0.2) is 0 Å². The number of nitrogens with zero attached hydrogens (tertiary/aromatic N) is 2. The molecule has 1 fully saturated rings. The van der Waals surface area contributed by atoms with E-state index in [2.05, 4.69) is 21.6 Å². The maximum Gasteiger partial charge on any atom is 0.248 e. The number of benzene rings is 1. The van der Waals surface area contributed by atoms with Gasteiger partial charge in [-0.2, -0.15) is 5.26 Å². The van der Waals surface area contributed by atoms with Crippen molar-refractivity contribution >= 4 is 17.3 Å². The molecule has 17 heavy (non-hydrogen) atoms. The highest BCUT2D eigenvalue weighted by Crippen LogP contribution is 2.34. The second-order valence-electron chi connectivity index (χ2n) is 4.21. The fraction of sp³-hybridized carbons (Fsp3) is 0.333. The minimum atomic E-state index is -0.162. The van der Waals surface area contributed by atoms with Gasteiger partial charge in [0, 0.05) is 19.6 Å². The van der Waals surface area contributed by atoms with E-state index in [1.807, 2.05) is 12.1 Å². The summed E-state index contributed by atoms with van der Waals surface area (Å²) in [6, 6.07) is 7.48. The van der Waals surface area contributed by atoms with E-state index in [-0.39, 0.29) is 11.9 Å². The van der Waals surface area contributed by atoms with E-state index < -0.39 is 0 Å². The monoisotopic (exact) mass is 228 g/mol. The van der Waals surface area contributed by atoms with E-state index in [9.17, 15) is 4.79 Å². The zero-order chi connectivity index (χ0) is 11.8. The molecule has 2 aliphatic rings. The Kier molecular flexibility index (Phi) is 2.23. The smallest absolute Gasteiger partial charge is 0.248 e. The summed E-state index contributed by atoms with van der Waals surface area (Å²) in [6.45, 7) is 2.31. The molecule has 86 valence electrons. The Bertz CT molecular complexity index is 520. The van der Waals surface area contributed by atoms with Crippen LogP contribution in [0.4, 0.5) is 11.4 Å². The van der Waals surface area contributed by atoms with Gasteiger partial charge in [-0.05, 0) is 12.1 Å². The number of fused-ring (bicyclic) bond motifs is 3. The minimum Gasteiger partial charge on any atom is -0.355 e. The van der Waals surface area contributed by atoms with Gasteiger partial charge >= 0.3 is 0 Å². The molecule has 1 atom stereocenters. The second-order valence-corrected chi connectivity index (χ2v) is 4.21. The third kappa shape index (κ3) is 1.46. The standard InChI is InChI=1S/C12H12N4O/c13-6-8-2-1-3-9-11(8)15-12(17)10-7-14-4-5-16(9)10/h1-3,10,14H,4-5,7H2,(H,15,17). The molecule has 0 saturated carbocycles. The van der Waals surface area contributed by atoms with Gasteiger partial charge in [0.25, 0.3) is 0 Å². The zero-order valence-corrected chi connectivity index (χ0v) is 9.23. The van der Waals surface area contributed by atoms with Crippen LogP contribution in [0.2, 0.25) is 0 Å². The molecule has 5 nitrogen and oxygen atoms in total. The van der Waals surface area contributed by atoms with Crippen LogP contribution in [-0.2, 0) is 4.79 Å². The number of nitrogens with one attached hydrogen (secondary N) is 2. The van der Waals surface area contributed by atoms with E-state index >= 15 is 0 Å². The van der Waals surface area contributed by atoms with E-state index in [4.69, 9.17) is 5.26 Å². The van der Waals surface area contributed by atoms with Crippen molar-refractivity contribution in [2.75, 3.05) is 29.9 Å². The first-order valence-electron chi connectivity index (χ1n) is 5.62. The van der Waals surface area contributed by atoms with E-state index in [0.29, 0.717) is 17.8 Å². The number of rotatable bonds is 0. The molecule has 0 radical (unpaired) electrons. The number of hydrogen-bond acceptors (Lipinski definition) is 4. The number of carbonyl (C=O) groups is 1. The summed E-state index contributed by atoms with van der Waals surface area (Å²) in [4.78, 5) is 14.0. The molecule has 1 saturated heterocycles. The van der Waals surface area contributed by atoms with Crippen LogP contribution >= 0.6 is 0 Å².